The molecule has 1 saturated heterocycles. The van der Waals surface area contributed by atoms with Crippen molar-refractivity contribution >= 4 is 15.9 Å². The lowest BCUT2D eigenvalue weighted by atomic mass is 10.1. The first kappa shape index (κ1) is 22.3. The standard InChI is InChI=1S/C23H30N2O4S/c1-18-7-6-8-22(19(18)2)29-16-13-23(26)24-17-20-9-11-21(12-10-20)30(27,28)25-14-4-3-5-15-25/h6-12H,3-5,13-17H2,1-2H3,(H,24,26). The molecule has 0 bridgehead atoms. The number of piperidine rings is 1. The van der Waals surface area contributed by atoms with Crippen LogP contribution in [-0.2, 0) is 21.4 Å². The van der Waals surface area contributed by atoms with Crippen molar-refractivity contribution in [2.75, 3.05) is 19.7 Å². The van der Waals surface area contributed by atoms with Gasteiger partial charge in [0.15, 0.2) is 0 Å². The van der Waals surface area contributed by atoms with Crippen molar-refractivity contribution in [1.29, 1.82) is 0 Å². The number of rotatable bonds is 8. The van der Waals surface area contributed by atoms with Gasteiger partial charge < -0.3 is 10.1 Å². The van der Waals surface area contributed by atoms with Gasteiger partial charge in [-0.3, -0.25) is 4.79 Å². The number of sulfonamides is 1. The van der Waals surface area contributed by atoms with Gasteiger partial charge in [-0.25, -0.2) is 8.42 Å². The molecule has 0 aromatic heterocycles. The van der Waals surface area contributed by atoms with Gasteiger partial charge in [0.25, 0.3) is 0 Å². The Bertz CT molecular complexity index is 965. The molecule has 2 aromatic carbocycles. The predicted molar refractivity (Wildman–Crippen MR) is 117 cm³/mol. The summed E-state index contributed by atoms with van der Waals surface area (Å²) in [4.78, 5) is 12.4. The summed E-state index contributed by atoms with van der Waals surface area (Å²) in [6, 6.07) is 12.6. The van der Waals surface area contributed by atoms with E-state index in [0.29, 0.717) is 31.1 Å². The Balaban J connectivity index is 1.46. The van der Waals surface area contributed by atoms with Crippen LogP contribution in [0.5, 0.6) is 5.75 Å². The summed E-state index contributed by atoms with van der Waals surface area (Å²) in [5, 5.41) is 2.85. The third-order valence-corrected chi connectivity index (χ3v) is 7.42. The average molecular weight is 431 g/mol. The minimum absolute atomic E-state index is 0.106. The van der Waals surface area contributed by atoms with Crippen LogP contribution in [0.25, 0.3) is 0 Å². The first-order valence-electron chi connectivity index (χ1n) is 10.4. The molecule has 0 atom stereocenters. The van der Waals surface area contributed by atoms with E-state index in [0.717, 1.165) is 41.7 Å². The fourth-order valence-corrected chi connectivity index (χ4v) is 4.97. The SMILES string of the molecule is Cc1cccc(OCCC(=O)NCc2ccc(S(=O)(=O)N3CCCCC3)cc2)c1C. The summed E-state index contributed by atoms with van der Waals surface area (Å²) in [7, 11) is -3.43. The number of amides is 1. The summed E-state index contributed by atoms with van der Waals surface area (Å²) < 4.78 is 32.7. The molecule has 1 heterocycles. The van der Waals surface area contributed by atoms with Crippen molar-refractivity contribution in [3.8, 4) is 5.75 Å². The summed E-state index contributed by atoms with van der Waals surface area (Å²) in [6.45, 7) is 5.86. The second-order valence-electron chi connectivity index (χ2n) is 7.68. The molecule has 0 saturated carbocycles. The topological polar surface area (TPSA) is 75.7 Å². The van der Waals surface area contributed by atoms with Crippen molar-refractivity contribution in [1.82, 2.24) is 9.62 Å². The van der Waals surface area contributed by atoms with Crippen molar-refractivity contribution < 1.29 is 17.9 Å². The van der Waals surface area contributed by atoms with Crippen molar-refractivity contribution in [2.45, 2.75) is 51.0 Å². The number of nitrogens with one attached hydrogen (secondary N) is 1. The smallest absolute Gasteiger partial charge is 0.243 e. The van der Waals surface area contributed by atoms with Gasteiger partial charge in [-0.15, -0.1) is 0 Å². The molecule has 0 aliphatic carbocycles. The maximum Gasteiger partial charge on any atom is 0.243 e. The quantitative estimate of drug-likeness (QED) is 0.695. The van der Waals surface area contributed by atoms with E-state index in [1.54, 1.807) is 28.6 Å². The molecule has 1 aliphatic heterocycles. The predicted octanol–water partition coefficient (Wildman–Crippen LogP) is 3.56. The van der Waals surface area contributed by atoms with E-state index in [2.05, 4.69) is 5.32 Å². The van der Waals surface area contributed by atoms with Gasteiger partial charge in [0.05, 0.1) is 17.9 Å². The van der Waals surface area contributed by atoms with E-state index in [9.17, 15) is 13.2 Å². The second kappa shape index (κ2) is 10.1. The highest BCUT2D eigenvalue weighted by atomic mass is 32.2. The van der Waals surface area contributed by atoms with Gasteiger partial charge in [-0.2, -0.15) is 4.31 Å². The zero-order chi connectivity index (χ0) is 21.6. The van der Waals surface area contributed by atoms with Crippen LogP contribution < -0.4 is 10.1 Å². The fraction of sp³-hybridized carbons (Fsp3) is 0.435. The van der Waals surface area contributed by atoms with Crippen LogP contribution in [0.1, 0.15) is 42.4 Å². The van der Waals surface area contributed by atoms with E-state index in [1.165, 1.54) is 0 Å². The van der Waals surface area contributed by atoms with Gasteiger partial charge in [0.1, 0.15) is 5.75 Å². The van der Waals surface area contributed by atoms with Gasteiger partial charge in [0.2, 0.25) is 15.9 Å². The molecule has 1 fully saturated rings. The molecule has 0 spiro atoms. The number of carbonyl (C=O) groups is 1. The molecule has 2 aromatic rings. The Hall–Kier alpha value is -2.38. The molecule has 162 valence electrons. The number of hydrogen-bond donors (Lipinski definition) is 1. The molecular weight excluding hydrogens is 400 g/mol. The molecule has 0 radical (unpaired) electrons. The largest absolute Gasteiger partial charge is 0.493 e. The normalized spacial score (nSPS) is 15.0. The highest BCUT2D eigenvalue weighted by Crippen LogP contribution is 2.21. The van der Waals surface area contributed by atoms with Crippen LogP contribution in [0.4, 0.5) is 0 Å². The summed E-state index contributed by atoms with van der Waals surface area (Å²) >= 11 is 0. The highest BCUT2D eigenvalue weighted by molar-refractivity contribution is 7.89. The molecule has 6 nitrogen and oxygen atoms in total. The number of aryl methyl sites for hydroxylation is 1. The van der Waals surface area contributed by atoms with Gasteiger partial charge in [0, 0.05) is 19.6 Å². The number of carbonyl (C=O) groups excluding carboxylic acids is 1. The van der Waals surface area contributed by atoms with E-state index in [-0.39, 0.29) is 12.3 Å². The van der Waals surface area contributed by atoms with E-state index < -0.39 is 10.0 Å². The summed E-state index contributed by atoms with van der Waals surface area (Å²) in [6.07, 6.45) is 3.17. The summed E-state index contributed by atoms with van der Waals surface area (Å²) in [5.41, 5.74) is 3.09. The third kappa shape index (κ3) is 5.61. The van der Waals surface area contributed by atoms with Crippen molar-refractivity contribution in [2.24, 2.45) is 0 Å². The zero-order valence-corrected chi connectivity index (χ0v) is 18.5. The minimum atomic E-state index is -3.43. The first-order chi connectivity index (χ1) is 14.4. The van der Waals surface area contributed by atoms with Crippen molar-refractivity contribution in [3.63, 3.8) is 0 Å². The minimum Gasteiger partial charge on any atom is -0.493 e. The number of benzene rings is 2. The van der Waals surface area contributed by atoms with Gasteiger partial charge in [-0.1, -0.05) is 30.7 Å². The maximum absolute atomic E-state index is 12.7. The monoisotopic (exact) mass is 430 g/mol. The second-order valence-corrected chi connectivity index (χ2v) is 9.62. The van der Waals surface area contributed by atoms with Crippen LogP contribution >= 0.6 is 0 Å². The van der Waals surface area contributed by atoms with Crippen LogP contribution in [-0.4, -0.2) is 38.3 Å². The number of ether oxygens (including phenoxy) is 1. The molecule has 1 N–H and O–H groups in total. The van der Waals surface area contributed by atoms with E-state index >= 15 is 0 Å². The first-order valence-corrected chi connectivity index (χ1v) is 11.9. The Morgan fingerprint density at radius 3 is 2.43 bits per heavy atom. The van der Waals surface area contributed by atoms with E-state index in [1.807, 2.05) is 32.0 Å². The fourth-order valence-electron chi connectivity index (χ4n) is 3.46. The third-order valence-electron chi connectivity index (χ3n) is 5.51. The Labute approximate surface area is 179 Å². The molecule has 1 amide bonds. The molecular formula is C23H30N2O4S. The van der Waals surface area contributed by atoms with E-state index in [4.69, 9.17) is 4.74 Å². The Morgan fingerprint density at radius 2 is 1.73 bits per heavy atom. The van der Waals surface area contributed by atoms with Gasteiger partial charge >= 0.3 is 0 Å². The lowest BCUT2D eigenvalue weighted by Gasteiger charge is -2.25. The lowest BCUT2D eigenvalue weighted by Crippen LogP contribution is -2.35. The Kier molecular flexibility index (Phi) is 7.50. The Morgan fingerprint density at radius 1 is 1.03 bits per heavy atom. The molecule has 30 heavy (non-hydrogen) atoms. The molecule has 7 heteroatoms. The van der Waals surface area contributed by atoms with Crippen LogP contribution in [0.2, 0.25) is 0 Å². The zero-order valence-electron chi connectivity index (χ0n) is 17.7. The molecule has 3 rings (SSSR count). The van der Waals surface area contributed by atoms with Crippen LogP contribution in [0, 0.1) is 13.8 Å². The lowest BCUT2D eigenvalue weighted by molar-refractivity contribution is -0.121. The number of nitrogens with zero attached hydrogens (tertiary/aromatic N) is 1. The van der Waals surface area contributed by atoms with Crippen LogP contribution in [0.15, 0.2) is 47.4 Å². The van der Waals surface area contributed by atoms with Gasteiger partial charge in [-0.05, 0) is 61.6 Å². The van der Waals surface area contributed by atoms with Crippen molar-refractivity contribution in [3.05, 3.63) is 59.2 Å². The maximum atomic E-state index is 12.7. The number of hydrogen-bond acceptors (Lipinski definition) is 4. The van der Waals surface area contributed by atoms with Crippen LogP contribution in [0.3, 0.4) is 0 Å². The highest BCUT2D eigenvalue weighted by Gasteiger charge is 2.25. The summed E-state index contributed by atoms with van der Waals surface area (Å²) in [5.74, 6) is 0.693. The average Bonchev–Trinajstić information content (AvgIpc) is 2.76. The molecule has 0 unspecified atom stereocenters. The molecule has 1 aliphatic rings.